The van der Waals surface area contributed by atoms with Gasteiger partial charge in [0.2, 0.25) is 0 Å². The van der Waals surface area contributed by atoms with Gasteiger partial charge in [-0.25, -0.2) is 5.01 Å². The van der Waals surface area contributed by atoms with Crippen LogP contribution < -0.4 is 4.74 Å². The number of nitrogens with zero attached hydrogens (tertiary/aromatic N) is 2. The number of fused-ring (bicyclic) bond motifs is 5. The van der Waals surface area contributed by atoms with Crippen LogP contribution in [-0.2, 0) is 0 Å². The molecule has 0 bridgehead atoms. The van der Waals surface area contributed by atoms with Gasteiger partial charge in [-0.05, 0) is 63.3 Å². The Bertz CT molecular complexity index is 1180. The fourth-order valence-corrected chi connectivity index (χ4v) is 6.62. The first-order valence-corrected chi connectivity index (χ1v) is 12.3. The molecule has 1 saturated carbocycles. The monoisotopic (exact) mass is 524 g/mol. The van der Waals surface area contributed by atoms with Crippen LogP contribution in [0.2, 0.25) is 0 Å². The van der Waals surface area contributed by atoms with Gasteiger partial charge in [0.05, 0.1) is 16.2 Å². The molecule has 1 aliphatic carbocycles. The molecule has 1 atom stereocenters. The smallest absolute Gasteiger partial charge is 0.198 e. The molecule has 2 aliphatic heterocycles. The van der Waals surface area contributed by atoms with Crippen molar-refractivity contribution in [3.05, 3.63) is 74.7 Å². The summed E-state index contributed by atoms with van der Waals surface area (Å²) < 4.78 is 8.85. The fraction of sp³-hybridized carbons (Fsp3) is 0.320. The Morgan fingerprint density at radius 2 is 1.73 bits per heavy atom. The van der Waals surface area contributed by atoms with Crippen molar-refractivity contribution in [1.82, 2.24) is 5.01 Å². The summed E-state index contributed by atoms with van der Waals surface area (Å²) >= 11 is 7.43. The van der Waals surface area contributed by atoms with Crippen molar-refractivity contribution in [1.29, 1.82) is 0 Å². The molecule has 0 N–H and O–H groups in total. The van der Waals surface area contributed by atoms with Gasteiger partial charge in [-0.15, -0.1) is 0 Å². The number of rotatable bonds is 1. The minimum Gasteiger partial charge on any atom is -0.465 e. The summed E-state index contributed by atoms with van der Waals surface area (Å²) in [6.07, 6.45) is 6.61. The van der Waals surface area contributed by atoms with Crippen molar-refractivity contribution in [2.45, 2.75) is 50.3 Å². The van der Waals surface area contributed by atoms with Crippen molar-refractivity contribution in [3.63, 3.8) is 0 Å². The summed E-state index contributed by atoms with van der Waals surface area (Å²) in [6.45, 7) is 0. The molecule has 0 amide bonds. The van der Waals surface area contributed by atoms with Crippen molar-refractivity contribution >= 4 is 48.3 Å². The van der Waals surface area contributed by atoms with Gasteiger partial charge in [0, 0.05) is 29.3 Å². The minimum absolute atomic E-state index is 0.210. The molecule has 0 unspecified atom stereocenters. The van der Waals surface area contributed by atoms with Gasteiger partial charge in [-0.2, -0.15) is 5.10 Å². The lowest BCUT2D eigenvalue weighted by atomic mass is 9.86. The summed E-state index contributed by atoms with van der Waals surface area (Å²) in [5.74, 6) is 0.997. The highest BCUT2D eigenvalue weighted by molar-refractivity contribution is 9.11. The third-order valence-electron chi connectivity index (χ3n) is 6.73. The molecule has 2 heterocycles. The quantitative estimate of drug-likeness (QED) is 0.327. The third-order valence-corrected chi connectivity index (χ3v) is 7.78. The van der Waals surface area contributed by atoms with E-state index >= 15 is 0 Å². The summed E-state index contributed by atoms with van der Waals surface area (Å²) in [6, 6.07) is 19.7. The van der Waals surface area contributed by atoms with Crippen LogP contribution in [0, 0.1) is 0 Å². The van der Waals surface area contributed by atoms with Crippen molar-refractivity contribution in [2.75, 3.05) is 0 Å². The van der Waals surface area contributed by atoms with Crippen LogP contribution in [0.4, 0.5) is 0 Å². The van der Waals surface area contributed by atoms with Crippen molar-refractivity contribution in [3.8, 4) is 5.75 Å². The second-order valence-corrected chi connectivity index (χ2v) is 10.4. The molecule has 0 saturated heterocycles. The first kappa shape index (κ1) is 18.9. The zero-order valence-corrected chi connectivity index (χ0v) is 19.7. The van der Waals surface area contributed by atoms with Crippen molar-refractivity contribution in [2.24, 2.45) is 5.10 Å². The van der Waals surface area contributed by atoms with E-state index in [2.05, 4.69) is 91.5 Å². The maximum Gasteiger partial charge on any atom is 0.198 e. The Balaban J connectivity index is 1.47. The normalized spacial score (nSPS) is 21.9. The number of benzene rings is 3. The second-order valence-electron chi connectivity index (χ2n) is 8.59. The number of hydrogen-bond acceptors (Lipinski definition) is 3. The molecule has 0 aromatic heterocycles. The molecule has 3 aromatic rings. The lowest BCUT2D eigenvalue weighted by molar-refractivity contribution is -0.140. The average molecular weight is 526 g/mol. The molecule has 6 rings (SSSR count). The summed E-state index contributed by atoms with van der Waals surface area (Å²) in [5, 5.41) is 10.0. The topological polar surface area (TPSA) is 24.8 Å². The van der Waals surface area contributed by atoms with E-state index in [1.54, 1.807) is 0 Å². The van der Waals surface area contributed by atoms with Gasteiger partial charge in [-0.1, -0.05) is 58.7 Å². The molecular formula is C25H22Br2N2O. The Kier molecular flexibility index (Phi) is 4.47. The van der Waals surface area contributed by atoms with Crippen LogP contribution in [0.5, 0.6) is 5.75 Å². The molecular weight excluding hydrogens is 504 g/mol. The second kappa shape index (κ2) is 7.10. The van der Waals surface area contributed by atoms with E-state index in [9.17, 15) is 0 Å². The molecule has 0 radical (unpaired) electrons. The molecule has 3 aromatic carbocycles. The number of hydrogen-bond donors (Lipinski definition) is 0. The molecule has 30 heavy (non-hydrogen) atoms. The van der Waals surface area contributed by atoms with Gasteiger partial charge in [-0.3, -0.25) is 0 Å². The first-order chi connectivity index (χ1) is 14.6. The highest BCUT2D eigenvalue weighted by Gasteiger charge is 2.51. The minimum atomic E-state index is -0.329. The van der Waals surface area contributed by atoms with E-state index in [4.69, 9.17) is 9.84 Å². The van der Waals surface area contributed by atoms with E-state index in [-0.39, 0.29) is 11.8 Å². The summed E-state index contributed by atoms with van der Waals surface area (Å²) in [7, 11) is 0. The van der Waals surface area contributed by atoms with Gasteiger partial charge < -0.3 is 4.74 Å². The lowest BCUT2D eigenvalue weighted by Gasteiger charge is -2.49. The Labute approximate surface area is 193 Å². The molecule has 3 nitrogen and oxygen atoms in total. The summed E-state index contributed by atoms with van der Waals surface area (Å²) in [5.41, 5.74) is 3.25. The highest BCUT2D eigenvalue weighted by Crippen LogP contribution is 2.53. The van der Waals surface area contributed by atoms with Crippen LogP contribution in [-0.4, -0.2) is 16.4 Å². The average Bonchev–Trinajstić information content (AvgIpc) is 3.22. The van der Waals surface area contributed by atoms with E-state index in [1.807, 2.05) is 0 Å². The van der Waals surface area contributed by atoms with E-state index < -0.39 is 0 Å². The van der Waals surface area contributed by atoms with E-state index in [0.717, 1.165) is 39.7 Å². The van der Waals surface area contributed by atoms with Crippen LogP contribution in [0.15, 0.2) is 68.6 Å². The number of halogens is 2. The molecule has 1 spiro atoms. The van der Waals surface area contributed by atoms with Gasteiger partial charge in [0.15, 0.2) is 5.72 Å². The van der Waals surface area contributed by atoms with Crippen LogP contribution in [0.3, 0.4) is 0 Å². The molecule has 5 heteroatoms. The van der Waals surface area contributed by atoms with Crippen LogP contribution in [0.1, 0.15) is 55.7 Å². The Morgan fingerprint density at radius 3 is 2.57 bits per heavy atom. The standard InChI is InChI=1S/C25H22Br2N2O/c26-19-13-20-23-15-22(18-9-8-16-6-2-3-7-17(16)12-18)28-29(23)25(10-4-1-5-11-25)30-24(20)21(27)14-19/h2-3,6-9,12-14,23H,1,4-5,10-11,15H2/t23-/m0/s1. The zero-order valence-electron chi connectivity index (χ0n) is 16.6. The number of ether oxygens (including phenoxy) is 1. The SMILES string of the molecule is Brc1cc(Br)c2c(c1)[C@@H]1CC(c3ccc4ccccc4c3)=NN1C1(CCCCC1)O2. The Morgan fingerprint density at radius 1 is 0.933 bits per heavy atom. The van der Waals surface area contributed by atoms with Crippen LogP contribution >= 0.6 is 31.9 Å². The number of hydrazone groups is 1. The highest BCUT2D eigenvalue weighted by atomic mass is 79.9. The van der Waals surface area contributed by atoms with E-state index in [1.165, 1.54) is 41.2 Å². The maximum atomic E-state index is 6.77. The molecule has 3 aliphatic rings. The van der Waals surface area contributed by atoms with Gasteiger partial charge in [0.25, 0.3) is 0 Å². The zero-order chi connectivity index (χ0) is 20.3. The maximum absolute atomic E-state index is 6.77. The van der Waals surface area contributed by atoms with E-state index in [0.29, 0.717) is 0 Å². The lowest BCUT2D eigenvalue weighted by Crippen LogP contribution is -2.54. The fourth-order valence-electron chi connectivity index (χ4n) is 5.28. The third kappa shape index (κ3) is 2.93. The molecule has 152 valence electrons. The Hall–Kier alpha value is -1.85. The van der Waals surface area contributed by atoms with Crippen LogP contribution in [0.25, 0.3) is 10.8 Å². The predicted octanol–water partition coefficient (Wildman–Crippen LogP) is 7.57. The van der Waals surface area contributed by atoms with Gasteiger partial charge in [0.1, 0.15) is 5.75 Å². The molecule has 1 fully saturated rings. The van der Waals surface area contributed by atoms with Crippen molar-refractivity contribution < 1.29 is 4.74 Å². The predicted molar refractivity (Wildman–Crippen MR) is 128 cm³/mol. The largest absolute Gasteiger partial charge is 0.465 e. The van der Waals surface area contributed by atoms with Gasteiger partial charge >= 0.3 is 0 Å². The first-order valence-electron chi connectivity index (χ1n) is 10.7. The summed E-state index contributed by atoms with van der Waals surface area (Å²) in [4.78, 5) is 0.